The lowest BCUT2D eigenvalue weighted by Gasteiger charge is -2.57. The van der Waals surface area contributed by atoms with Crippen molar-refractivity contribution < 1.29 is 24.3 Å². The van der Waals surface area contributed by atoms with Crippen molar-refractivity contribution in [2.75, 3.05) is 13.1 Å². The molecular formula is C38H61N7O5. The van der Waals surface area contributed by atoms with Crippen molar-refractivity contribution in [3.63, 3.8) is 0 Å². The number of guanidine groups is 1. The molecular weight excluding hydrogens is 634 g/mol. The first kappa shape index (κ1) is 39.3. The molecule has 12 nitrogen and oxygen atoms in total. The Morgan fingerprint density at radius 2 is 1.46 bits per heavy atom. The monoisotopic (exact) mass is 695 g/mol. The summed E-state index contributed by atoms with van der Waals surface area (Å²) in [6.07, 6.45) is 10.4. The number of amides is 2. The number of nitrogens with zero attached hydrogens (tertiary/aromatic N) is 1. The smallest absolute Gasteiger partial charge is 0.224 e. The number of benzene rings is 1. The van der Waals surface area contributed by atoms with E-state index in [0.717, 1.165) is 36.0 Å². The van der Waals surface area contributed by atoms with Crippen LogP contribution in [-0.4, -0.2) is 59.6 Å². The van der Waals surface area contributed by atoms with Crippen LogP contribution in [0.1, 0.15) is 107 Å². The standard InChI is InChI=1S/C38H61N7O5/c1-22-10-29(46)11-23(2)30(22)15-27(16-33(47)31(40)6-5-9-44-37(42)43)36(50)45-32(7-3-4-8-39)34(48)17-28(35(41)49)21-38-18-24-12-25(19-38)14-26(13-24)20-38/h10-11,24-28,31-32,46H,3-9,12-21,39-40H2,1-2H3,(H2,41,49)(H,45,50)(H4,42,43,44)/t24?,25?,26?,27-,28+,31-,32+,38?/m1/s1. The highest BCUT2D eigenvalue weighted by molar-refractivity contribution is 5.94. The molecule has 12 N–H and O–H groups in total. The van der Waals surface area contributed by atoms with Gasteiger partial charge in [0.05, 0.1) is 12.1 Å². The van der Waals surface area contributed by atoms with Crippen molar-refractivity contribution in [3.8, 4) is 5.75 Å². The summed E-state index contributed by atoms with van der Waals surface area (Å²) in [5.74, 6) is -0.596. The Bertz CT molecular complexity index is 1350. The first-order valence-electron chi connectivity index (χ1n) is 18.6. The number of aliphatic imine (C=N–C) groups is 1. The van der Waals surface area contributed by atoms with Gasteiger partial charge in [0.15, 0.2) is 11.7 Å². The van der Waals surface area contributed by atoms with Crippen LogP contribution < -0.4 is 34.0 Å². The number of unbranched alkanes of at least 4 members (excludes halogenated alkanes) is 1. The third-order valence-electron chi connectivity index (χ3n) is 11.7. The predicted molar refractivity (Wildman–Crippen MR) is 195 cm³/mol. The minimum Gasteiger partial charge on any atom is -0.508 e. The van der Waals surface area contributed by atoms with Gasteiger partial charge in [0.25, 0.3) is 0 Å². The van der Waals surface area contributed by atoms with E-state index in [-0.39, 0.29) is 48.0 Å². The minimum atomic E-state index is -0.847. The molecule has 2 amide bonds. The Morgan fingerprint density at radius 3 is 2.00 bits per heavy atom. The number of phenols is 1. The summed E-state index contributed by atoms with van der Waals surface area (Å²) in [7, 11) is 0. The van der Waals surface area contributed by atoms with Crippen LogP contribution >= 0.6 is 0 Å². The second-order valence-corrected chi connectivity index (χ2v) is 15.9. The fraction of sp³-hybridized carbons (Fsp3) is 0.711. The number of phenolic OH excluding ortho intramolecular Hbond substituents is 1. The second-order valence-electron chi connectivity index (χ2n) is 15.9. The Labute approximate surface area is 297 Å². The van der Waals surface area contributed by atoms with E-state index in [1.807, 2.05) is 13.8 Å². The SMILES string of the molecule is Cc1cc(O)cc(C)c1C[C@H](CC(=O)[C@H](N)CCCN=C(N)N)C(=O)N[C@@H](CCCCN)C(=O)C[C@@H](CC12CC3CC(CC(C3)C1)C2)C(N)=O. The summed E-state index contributed by atoms with van der Waals surface area (Å²) < 4.78 is 0. The molecule has 4 bridgehead atoms. The molecule has 1 aromatic rings. The molecule has 0 spiro atoms. The summed E-state index contributed by atoms with van der Waals surface area (Å²) in [4.78, 5) is 58.3. The summed E-state index contributed by atoms with van der Waals surface area (Å²) >= 11 is 0. The summed E-state index contributed by atoms with van der Waals surface area (Å²) in [6, 6.07) is 1.59. The lowest BCUT2D eigenvalue weighted by molar-refractivity contribution is -0.135. The largest absolute Gasteiger partial charge is 0.508 e. The molecule has 0 aromatic heterocycles. The number of carbonyl (C=O) groups is 4. The Balaban J connectivity index is 1.50. The highest BCUT2D eigenvalue weighted by atomic mass is 16.3. The molecule has 4 atom stereocenters. The Kier molecular flexibility index (Phi) is 13.8. The van der Waals surface area contributed by atoms with Crippen molar-refractivity contribution >= 4 is 29.3 Å². The average Bonchev–Trinajstić information content (AvgIpc) is 3.02. The van der Waals surface area contributed by atoms with Crippen LogP contribution in [0.3, 0.4) is 0 Å². The highest BCUT2D eigenvalue weighted by Gasteiger charge is 2.52. The van der Waals surface area contributed by atoms with Gasteiger partial charge >= 0.3 is 0 Å². The number of nitrogens with one attached hydrogen (secondary N) is 1. The van der Waals surface area contributed by atoms with E-state index in [9.17, 15) is 24.3 Å². The fourth-order valence-electron chi connectivity index (χ4n) is 9.69. The number of aryl methyl sites for hydroxylation is 2. The van der Waals surface area contributed by atoms with Gasteiger partial charge in [0.2, 0.25) is 11.8 Å². The van der Waals surface area contributed by atoms with Crippen LogP contribution in [0.2, 0.25) is 0 Å². The van der Waals surface area contributed by atoms with Crippen LogP contribution in [-0.2, 0) is 25.6 Å². The molecule has 50 heavy (non-hydrogen) atoms. The lowest BCUT2D eigenvalue weighted by atomic mass is 9.48. The van der Waals surface area contributed by atoms with Gasteiger partial charge in [0.1, 0.15) is 11.5 Å². The number of primary amides is 1. The van der Waals surface area contributed by atoms with E-state index in [2.05, 4.69) is 10.3 Å². The molecule has 278 valence electrons. The summed E-state index contributed by atoms with van der Waals surface area (Å²) in [5.41, 5.74) is 31.3. The maximum Gasteiger partial charge on any atom is 0.224 e. The molecule has 0 unspecified atom stereocenters. The summed E-state index contributed by atoms with van der Waals surface area (Å²) in [6.45, 7) is 4.48. The van der Waals surface area contributed by atoms with E-state index in [0.29, 0.717) is 69.4 Å². The zero-order valence-corrected chi connectivity index (χ0v) is 30.1. The minimum absolute atomic E-state index is 0.0227. The van der Waals surface area contributed by atoms with Gasteiger partial charge in [-0.05, 0) is 156 Å². The number of hydrogen-bond acceptors (Lipinski definition) is 8. The number of Topliss-reactive ketones (excluding diaryl/α,β-unsaturated/α-hetero) is 2. The quantitative estimate of drug-likeness (QED) is 0.0567. The van der Waals surface area contributed by atoms with Crippen molar-refractivity contribution in [1.82, 2.24) is 5.32 Å². The Hall–Kier alpha value is -3.51. The third kappa shape index (κ3) is 10.7. The molecule has 4 fully saturated rings. The molecule has 12 heteroatoms. The zero-order chi connectivity index (χ0) is 36.6. The zero-order valence-electron chi connectivity index (χ0n) is 30.1. The van der Waals surface area contributed by atoms with Gasteiger partial charge < -0.3 is 39.1 Å². The predicted octanol–water partition coefficient (Wildman–Crippen LogP) is 2.79. The van der Waals surface area contributed by atoms with Gasteiger partial charge in [-0.2, -0.15) is 0 Å². The number of rotatable bonds is 21. The van der Waals surface area contributed by atoms with E-state index in [4.69, 9.17) is 28.7 Å². The number of nitrogens with two attached hydrogens (primary N) is 5. The number of aromatic hydroxyl groups is 1. The van der Waals surface area contributed by atoms with Crippen LogP contribution in [0.5, 0.6) is 5.75 Å². The van der Waals surface area contributed by atoms with Crippen molar-refractivity contribution in [3.05, 3.63) is 28.8 Å². The van der Waals surface area contributed by atoms with Gasteiger partial charge in [-0.3, -0.25) is 24.2 Å². The highest BCUT2D eigenvalue weighted by Crippen LogP contribution is 2.62. The second kappa shape index (κ2) is 17.6. The average molecular weight is 696 g/mol. The van der Waals surface area contributed by atoms with E-state index in [1.165, 1.54) is 19.3 Å². The molecule has 4 saturated carbocycles. The molecule has 0 heterocycles. The van der Waals surface area contributed by atoms with Gasteiger partial charge in [-0.1, -0.05) is 0 Å². The van der Waals surface area contributed by atoms with Crippen molar-refractivity contribution in [2.45, 2.75) is 122 Å². The molecule has 1 aromatic carbocycles. The van der Waals surface area contributed by atoms with Gasteiger partial charge in [0, 0.05) is 31.2 Å². The van der Waals surface area contributed by atoms with Crippen LogP contribution in [0.15, 0.2) is 17.1 Å². The first-order chi connectivity index (χ1) is 23.7. The van der Waals surface area contributed by atoms with Crippen LogP contribution in [0.25, 0.3) is 0 Å². The van der Waals surface area contributed by atoms with Crippen LogP contribution in [0.4, 0.5) is 0 Å². The molecule has 0 aliphatic heterocycles. The summed E-state index contributed by atoms with van der Waals surface area (Å²) in [5, 5.41) is 13.1. The molecule has 4 aliphatic rings. The van der Waals surface area contributed by atoms with Gasteiger partial charge in [-0.25, -0.2) is 0 Å². The lowest BCUT2D eigenvalue weighted by Crippen LogP contribution is -2.49. The molecule has 4 aliphatic carbocycles. The van der Waals surface area contributed by atoms with Crippen LogP contribution in [0, 0.1) is 48.9 Å². The number of hydrogen-bond donors (Lipinski definition) is 7. The first-order valence-corrected chi connectivity index (χ1v) is 18.6. The molecule has 0 radical (unpaired) electrons. The third-order valence-corrected chi connectivity index (χ3v) is 11.7. The van der Waals surface area contributed by atoms with E-state index in [1.54, 1.807) is 12.1 Å². The number of carbonyl (C=O) groups excluding carboxylic acids is 4. The molecule has 5 rings (SSSR count). The maximum absolute atomic E-state index is 14.1. The fourth-order valence-corrected chi connectivity index (χ4v) is 9.69. The Morgan fingerprint density at radius 1 is 0.880 bits per heavy atom. The maximum atomic E-state index is 14.1. The normalized spacial score (nSPS) is 24.6. The van der Waals surface area contributed by atoms with Crippen molar-refractivity contribution in [2.24, 2.45) is 68.7 Å². The molecule has 0 saturated heterocycles. The van der Waals surface area contributed by atoms with Crippen molar-refractivity contribution in [1.29, 1.82) is 0 Å². The van der Waals surface area contributed by atoms with Gasteiger partial charge in [-0.15, -0.1) is 0 Å². The van der Waals surface area contributed by atoms with E-state index < -0.39 is 35.7 Å². The van der Waals surface area contributed by atoms with E-state index >= 15 is 0 Å². The topological polar surface area (TPSA) is 243 Å². The number of ketones is 2.